The molecule has 0 N–H and O–H groups in total. The van der Waals surface area contributed by atoms with Crippen molar-refractivity contribution < 1.29 is 0 Å². The molecule has 1 aliphatic rings. The first kappa shape index (κ1) is 10.8. The molecule has 0 amide bonds. The summed E-state index contributed by atoms with van der Waals surface area (Å²) >= 11 is 0. The number of aromatic nitrogens is 2. The van der Waals surface area contributed by atoms with Gasteiger partial charge in [-0.25, -0.2) is 4.98 Å². The number of fused-ring (bicyclic) bond motifs is 1. The molecule has 1 aromatic heterocycles. The van der Waals surface area contributed by atoms with E-state index in [2.05, 4.69) is 39.6 Å². The summed E-state index contributed by atoms with van der Waals surface area (Å²) in [5, 5.41) is 0. The van der Waals surface area contributed by atoms with Crippen molar-refractivity contribution in [1.29, 1.82) is 0 Å². The molecule has 0 spiro atoms. The number of hydrogen-bond acceptors (Lipinski definition) is 2. The lowest BCUT2D eigenvalue weighted by molar-refractivity contribution is 0.185. The van der Waals surface area contributed by atoms with Gasteiger partial charge in [-0.15, -0.1) is 0 Å². The van der Waals surface area contributed by atoms with Gasteiger partial charge in [0.25, 0.3) is 0 Å². The molecule has 0 bridgehead atoms. The van der Waals surface area contributed by atoms with Crippen molar-refractivity contribution >= 4 is 11.0 Å². The van der Waals surface area contributed by atoms with Crippen LogP contribution in [0.25, 0.3) is 11.0 Å². The molecule has 3 rings (SSSR count). The van der Waals surface area contributed by atoms with E-state index < -0.39 is 0 Å². The Morgan fingerprint density at radius 1 is 1.18 bits per heavy atom. The van der Waals surface area contributed by atoms with Gasteiger partial charge in [0.05, 0.1) is 24.0 Å². The molecule has 0 radical (unpaired) electrons. The minimum absolute atomic E-state index is 0.986. The van der Waals surface area contributed by atoms with Crippen LogP contribution in [0.15, 0.2) is 24.5 Å². The Balaban J connectivity index is 1.84. The average molecular weight is 229 g/mol. The van der Waals surface area contributed by atoms with E-state index in [0.717, 1.165) is 12.2 Å². The second-order valence-corrected chi connectivity index (χ2v) is 5.03. The zero-order valence-electron chi connectivity index (χ0n) is 10.4. The van der Waals surface area contributed by atoms with Crippen molar-refractivity contribution in [2.75, 3.05) is 13.1 Å². The molecule has 0 unspecified atom stereocenters. The summed E-state index contributed by atoms with van der Waals surface area (Å²) in [6, 6.07) is 6.50. The predicted molar refractivity (Wildman–Crippen MR) is 69.9 cm³/mol. The number of likely N-dealkylation sites (tertiary alicyclic amines) is 1. The van der Waals surface area contributed by atoms with Crippen LogP contribution in [-0.4, -0.2) is 27.5 Å². The number of nitrogens with zero attached hydrogens (tertiary/aromatic N) is 3. The molecule has 0 saturated carbocycles. The standard InChI is InChI=1S/C14H19N3/c1-12-5-6-14-13(9-12)15-10-17(14)11-16-7-3-2-4-8-16/h5-6,9-10H,2-4,7-8,11H2,1H3. The lowest BCUT2D eigenvalue weighted by atomic mass is 10.1. The monoisotopic (exact) mass is 229 g/mol. The molecular weight excluding hydrogens is 210 g/mol. The quantitative estimate of drug-likeness (QED) is 0.789. The SMILES string of the molecule is Cc1ccc2c(c1)ncn2CN1CCCCC1. The molecule has 90 valence electrons. The van der Waals surface area contributed by atoms with E-state index in [9.17, 15) is 0 Å². The second kappa shape index (κ2) is 4.49. The maximum Gasteiger partial charge on any atom is 0.0969 e. The van der Waals surface area contributed by atoms with Crippen LogP contribution in [0.4, 0.5) is 0 Å². The van der Waals surface area contributed by atoms with Crippen molar-refractivity contribution in [2.45, 2.75) is 32.9 Å². The lowest BCUT2D eigenvalue weighted by Crippen LogP contribution is -2.31. The zero-order chi connectivity index (χ0) is 11.7. The van der Waals surface area contributed by atoms with E-state index >= 15 is 0 Å². The Kier molecular flexibility index (Phi) is 2.85. The second-order valence-electron chi connectivity index (χ2n) is 5.03. The van der Waals surface area contributed by atoms with Gasteiger partial charge >= 0.3 is 0 Å². The first-order chi connectivity index (χ1) is 8.33. The van der Waals surface area contributed by atoms with Crippen LogP contribution in [0.5, 0.6) is 0 Å². The van der Waals surface area contributed by atoms with Gasteiger partial charge in [-0.3, -0.25) is 4.90 Å². The summed E-state index contributed by atoms with van der Waals surface area (Å²) in [5.74, 6) is 0. The van der Waals surface area contributed by atoms with Crippen LogP contribution in [0.2, 0.25) is 0 Å². The molecule has 2 aromatic rings. The van der Waals surface area contributed by atoms with Crippen molar-refractivity contribution in [2.24, 2.45) is 0 Å². The summed E-state index contributed by atoms with van der Waals surface area (Å²) in [6.45, 7) is 5.56. The van der Waals surface area contributed by atoms with Gasteiger partial charge in [-0.2, -0.15) is 0 Å². The van der Waals surface area contributed by atoms with Crippen LogP contribution in [0.3, 0.4) is 0 Å². The van der Waals surface area contributed by atoms with Gasteiger partial charge in [0.2, 0.25) is 0 Å². The molecule has 1 aromatic carbocycles. The Morgan fingerprint density at radius 3 is 2.82 bits per heavy atom. The van der Waals surface area contributed by atoms with Gasteiger partial charge in [-0.05, 0) is 50.6 Å². The van der Waals surface area contributed by atoms with Gasteiger partial charge < -0.3 is 4.57 Å². The number of rotatable bonds is 2. The fraction of sp³-hybridized carbons (Fsp3) is 0.500. The molecule has 3 heteroatoms. The van der Waals surface area contributed by atoms with Crippen molar-refractivity contribution in [3.05, 3.63) is 30.1 Å². The predicted octanol–water partition coefficient (Wildman–Crippen LogP) is 2.79. The Morgan fingerprint density at radius 2 is 2.00 bits per heavy atom. The van der Waals surface area contributed by atoms with Crippen LogP contribution >= 0.6 is 0 Å². The van der Waals surface area contributed by atoms with Gasteiger partial charge in [0.15, 0.2) is 0 Å². The van der Waals surface area contributed by atoms with Crippen LogP contribution in [0, 0.1) is 6.92 Å². The largest absolute Gasteiger partial charge is 0.317 e. The summed E-state index contributed by atoms with van der Waals surface area (Å²) < 4.78 is 2.26. The highest BCUT2D eigenvalue weighted by Gasteiger charge is 2.11. The van der Waals surface area contributed by atoms with Crippen molar-refractivity contribution in [3.8, 4) is 0 Å². The van der Waals surface area contributed by atoms with Crippen LogP contribution in [-0.2, 0) is 6.67 Å². The fourth-order valence-electron chi connectivity index (χ4n) is 2.60. The maximum absolute atomic E-state index is 4.48. The summed E-state index contributed by atoms with van der Waals surface area (Å²) in [6.07, 6.45) is 6.04. The summed E-state index contributed by atoms with van der Waals surface area (Å²) in [7, 11) is 0. The molecule has 17 heavy (non-hydrogen) atoms. The number of hydrogen-bond donors (Lipinski definition) is 0. The summed E-state index contributed by atoms with van der Waals surface area (Å²) in [5.41, 5.74) is 3.64. The van der Waals surface area contributed by atoms with Crippen molar-refractivity contribution in [1.82, 2.24) is 14.5 Å². The number of piperidine rings is 1. The highest BCUT2D eigenvalue weighted by molar-refractivity contribution is 5.75. The first-order valence-electron chi connectivity index (χ1n) is 6.47. The normalized spacial score (nSPS) is 17.7. The number of aryl methyl sites for hydroxylation is 1. The summed E-state index contributed by atoms with van der Waals surface area (Å²) in [4.78, 5) is 7.00. The zero-order valence-corrected chi connectivity index (χ0v) is 10.4. The molecule has 1 aliphatic heterocycles. The minimum Gasteiger partial charge on any atom is -0.317 e. The van der Waals surface area contributed by atoms with E-state index in [4.69, 9.17) is 0 Å². The average Bonchev–Trinajstić information content (AvgIpc) is 2.73. The van der Waals surface area contributed by atoms with Gasteiger partial charge in [0, 0.05) is 0 Å². The lowest BCUT2D eigenvalue weighted by Gasteiger charge is -2.26. The van der Waals surface area contributed by atoms with Crippen molar-refractivity contribution in [3.63, 3.8) is 0 Å². The van der Waals surface area contributed by atoms with Crippen LogP contribution < -0.4 is 0 Å². The Bertz CT molecular complexity index is 509. The fourth-order valence-corrected chi connectivity index (χ4v) is 2.60. The molecule has 1 saturated heterocycles. The van der Waals surface area contributed by atoms with E-state index in [1.165, 1.54) is 43.4 Å². The highest BCUT2D eigenvalue weighted by atomic mass is 15.3. The molecule has 2 heterocycles. The Hall–Kier alpha value is -1.35. The highest BCUT2D eigenvalue weighted by Crippen LogP contribution is 2.16. The molecule has 0 aliphatic carbocycles. The Labute approximate surface area is 102 Å². The third-order valence-corrected chi connectivity index (χ3v) is 3.58. The molecule has 3 nitrogen and oxygen atoms in total. The smallest absolute Gasteiger partial charge is 0.0969 e. The molecular formula is C14H19N3. The molecule has 0 atom stereocenters. The van der Waals surface area contributed by atoms with E-state index in [1.54, 1.807) is 0 Å². The third-order valence-electron chi connectivity index (χ3n) is 3.58. The number of imidazole rings is 1. The minimum atomic E-state index is 0.986. The van der Waals surface area contributed by atoms with E-state index in [1.807, 2.05) is 6.33 Å². The maximum atomic E-state index is 4.48. The topological polar surface area (TPSA) is 21.1 Å². The first-order valence-corrected chi connectivity index (χ1v) is 6.47. The van der Waals surface area contributed by atoms with Gasteiger partial charge in [0.1, 0.15) is 0 Å². The third kappa shape index (κ3) is 2.20. The molecule has 1 fully saturated rings. The van der Waals surface area contributed by atoms with E-state index in [-0.39, 0.29) is 0 Å². The van der Waals surface area contributed by atoms with Crippen LogP contribution in [0.1, 0.15) is 24.8 Å². The van der Waals surface area contributed by atoms with Gasteiger partial charge in [-0.1, -0.05) is 12.5 Å². The van der Waals surface area contributed by atoms with E-state index in [0.29, 0.717) is 0 Å². The number of benzene rings is 1.